The lowest BCUT2D eigenvalue weighted by Crippen LogP contribution is -2.21. The first kappa shape index (κ1) is 18.4. The number of aromatic nitrogens is 6. The molecule has 0 aromatic carbocycles. The van der Waals surface area contributed by atoms with Gasteiger partial charge in [-0.25, -0.2) is 0 Å². The van der Waals surface area contributed by atoms with Gasteiger partial charge in [-0.2, -0.15) is 15.3 Å². The zero-order valence-corrected chi connectivity index (χ0v) is 15.7. The SMILES string of the molecule is CCn1ccc(C(=O)Nc2cnn(CC)c2C(=O)Nc2cnn(C)c2C)n1. The molecule has 2 N–H and O–H groups in total. The van der Waals surface area contributed by atoms with Gasteiger partial charge in [0.2, 0.25) is 0 Å². The van der Waals surface area contributed by atoms with Crippen molar-refractivity contribution in [1.82, 2.24) is 29.3 Å². The molecule has 0 radical (unpaired) electrons. The molecule has 3 aromatic rings. The highest BCUT2D eigenvalue weighted by molar-refractivity contribution is 6.11. The fraction of sp³-hybridized carbons (Fsp3) is 0.353. The van der Waals surface area contributed by atoms with Crippen LogP contribution in [0.15, 0.2) is 24.7 Å². The summed E-state index contributed by atoms with van der Waals surface area (Å²) < 4.78 is 4.85. The number of hydrogen-bond acceptors (Lipinski definition) is 5. The first-order chi connectivity index (χ1) is 12.9. The molecule has 0 saturated carbocycles. The molecule has 3 rings (SSSR count). The Balaban J connectivity index is 1.84. The van der Waals surface area contributed by atoms with Gasteiger partial charge in [0, 0.05) is 26.3 Å². The Kier molecular flexibility index (Phi) is 5.06. The second-order valence-electron chi connectivity index (χ2n) is 5.95. The predicted octanol–water partition coefficient (Wildman–Crippen LogP) is 1.67. The number of nitrogens with one attached hydrogen (secondary N) is 2. The summed E-state index contributed by atoms with van der Waals surface area (Å²) in [6.45, 7) is 6.80. The molecule has 27 heavy (non-hydrogen) atoms. The number of carbonyl (C=O) groups excluding carboxylic acids is 2. The minimum Gasteiger partial charge on any atom is -0.318 e. The van der Waals surface area contributed by atoms with Crippen LogP contribution in [0.1, 0.15) is 40.5 Å². The van der Waals surface area contributed by atoms with Gasteiger partial charge in [0.25, 0.3) is 11.8 Å². The summed E-state index contributed by atoms with van der Waals surface area (Å²) in [4.78, 5) is 25.3. The molecule has 2 amide bonds. The van der Waals surface area contributed by atoms with E-state index in [0.29, 0.717) is 24.5 Å². The van der Waals surface area contributed by atoms with Crippen LogP contribution < -0.4 is 10.6 Å². The lowest BCUT2D eigenvalue weighted by atomic mass is 10.3. The summed E-state index contributed by atoms with van der Waals surface area (Å²) in [5.41, 5.74) is 2.29. The summed E-state index contributed by atoms with van der Waals surface area (Å²) in [6.07, 6.45) is 4.77. The third-order valence-electron chi connectivity index (χ3n) is 4.28. The van der Waals surface area contributed by atoms with E-state index in [1.54, 1.807) is 34.9 Å². The molecule has 0 spiro atoms. The van der Waals surface area contributed by atoms with E-state index in [1.807, 2.05) is 20.8 Å². The van der Waals surface area contributed by atoms with Crippen LogP contribution in [0, 0.1) is 6.92 Å². The molecule has 0 saturated heterocycles. The van der Waals surface area contributed by atoms with Gasteiger partial charge in [-0.15, -0.1) is 0 Å². The zero-order valence-electron chi connectivity index (χ0n) is 15.7. The highest BCUT2D eigenvalue weighted by atomic mass is 16.2. The van der Waals surface area contributed by atoms with E-state index in [-0.39, 0.29) is 17.3 Å². The van der Waals surface area contributed by atoms with Gasteiger partial charge >= 0.3 is 0 Å². The van der Waals surface area contributed by atoms with Gasteiger partial charge in [-0.05, 0) is 26.8 Å². The number of aryl methyl sites for hydroxylation is 3. The Bertz CT molecular complexity index is 981. The van der Waals surface area contributed by atoms with Crippen molar-refractivity contribution in [3.63, 3.8) is 0 Å². The van der Waals surface area contributed by atoms with Crippen molar-refractivity contribution >= 4 is 23.2 Å². The summed E-state index contributed by atoms with van der Waals surface area (Å²) in [5, 5.41) is 18.0. The van der Waals surface area contributed by atoms with Crippen molar-refractivity contribution in [2.24, 2.45) is 7.05 Å². The van der Waals surface area contributed by atoms with Crippen LogP contribution in [0.25, 0.3) is 0 Å². The maximum absolute atomic E-state index is 12.8. The number of rotatable bonds is 6. The Morgan fingerprint density at radius 3 is 2.33 bits per heavy atom. The Labute approximate surface area is 156 Å². The van der Waals surface area contributed by atoms with Gasteiger partial charge in [-0.1, -0.05) is 0 Å². The van der Waals surface area contributed by atoms with Crippen molar-refractivity contribution in [3.05, 3.63) is 41.7 Å². The Morgan fingerprint density at radius 2 is 1.74 bits per heavy atom. The van der Waals surface area contributed by atoms with Crippen molar-refractivity contribution in [2.75, 3.05) is 10.6 Å². The topological polar surface area (TPSA) is 112 Å². The molecule has 0 fully saturated rings. The Hall–Kier alpha value is -3.43. The summed E-state index contributed by atoms with van der Waals surface area (Å²) in [7, 11) is 1.79. The van der Waals surface area contributed by atoms with Crippen molar-refractivity contribution in [3.8, 4) is 0 Å². The second kappa shape index (κ2) is 7.44. The van der Waals surface area contributed by atoms with Gasteiger partial charge in [0.15, 0.2) is 5.69 Å². The second-order valence-corrected chi connectivity index (χ2v) is 5.95. The van der Waals surface area contributed by atoms with Crippen molar-refractivity contribution in [2.45, 2.75) is 33.9 Å². The van der Waals surface area contributed by atoms with Crippen molar-refractivity contribution in [1.29, 1.82) is 0 Å². The number of carbonyl (C=O) groups is 2. The maximum Gasteiger partial charge on any atom is 0.276 e. The lowest BCUT2D eigenvalue weighted by Gasteiger charge is -2.09. The number of nitrogens with zero attached hydrogens (tertiary/aromatic N) is 6. The summed E-state index contributed by atoms with van der Waals surface area (Å²) in [6, 6.07) is 1.63. The van der Waals surface area contributed by atoms with Gasteiger partial charge in [-0.3, -0.25) is 23.6 Å². The molecule has 3 aromatic heterocycles. The van der Waals surface area contributed by atoms with E-state index in [2.05, 4.69) is 25.9 Å². The van der Waals surface area contributed by atoms with E-state index in [9.17, 15) is 9.59 Å². The average Bonchev–Trinajstić information content (AvgIpc) is 3.36. The summed E-state index contributed by atoms with van der Waals surface area (Å²) in [5.74, 6) is -0.774. The minimum absolute atomic E-state index is 0.268. The maximum atomic E-state index is 12.8. The van der Waals surface area contributed by atoms with Crippen LogP contribution in [-0.4, -0.2) is 41.2 Å². The van der Waals surface area contributed by atoms with Crippen LogP contribution in [0.2, 0.25) is 0 Å². The quantitative estimate of drug-likeness (QED) is 0.685. The van der Waals surface area contributed by atoms with E-state index in [0.717, 1.165) is 5.69 Å². The molecule has 0 atom stereocenters. The smallest absolute Gasteiger partial charge is 0.276 e. The fourth-order valence-electron chi connectivity index (χ4n) is 2.60. The number of anilines is 2. The molecule has 0 aliphatic rings. The first-order valence-electron chi connectivity index (χ1n) is 8.65. The molecule has 0 aliphatic carbocycles. The standard InChI is InChI=1S/C17H22N8O2/c1-5-24-8-7-12(22-24)16(26)21-14-10-19-25(6-2)15(14)17(27)20-13-9-18-23(4)11(13)3/h7-10H,5-6H2,1-4H3,(H,20,27)(H,21,26). The highest BCUT2D eigenvalue weighted by Gasteiger charge is 2.22. The molecule has 10 heteroatoms. The van der Waals surface area contributed by atoms with E-state index >= 15 is 0 Å². The normalized spacial score (nSPS) is 10.8. The molecule has 0 aliphatic heterocycles. The largest absolute Gasteiger partial charge is 0.318 e. The van der Waals surface area contributed by atoms with E-state index in [1.165, 1.54) is 10.9 Å². The van der Waals surface area contributed by atoms with Crippen molar-refractivity contribution < 1.29 is 9.59 Å². The molecule has 3 heterocycles. The Morgan fingerprint density at radius 1 is 1.04 bits per heavy atom. The van der Waals surface area contributed by atoms with Gasteiger partial charge < -0.3 is 10.6 Å². The first-order valence-corrected chi connectivity index (χ1v) is 8.65. The van der Waals surface area contributed by atoms with Crippen LogP contribution in [0.3, 0.4) is 0 Å². The molecule has 142 valence electrons. The molecular weight excluding hydrogens is 348 g/mol. The van der Waals surface area contributed by atoms with E-state index < -0.39 is 5.91 Å². The monoisotopic (exact) mass is 370 g/mol. The van der Waals surface area contributed by atoms with Gasteiger partial charge in [0.05, 0.1) is 29.5 Å². The van der Waals surface area contributed by atoms with Crippen LogP contribution in [-0.2, 0) is 20.1 Å². The summed E-state index contributed by atoms with van der Waals surface area (Å²) >= 11 is 0. The average molecular weight is 370 g/mol. The van der Waals surface area contributed by atoms with Crippen LogP contribution in [0.5, 0.6) is 0 Å². The van der Waals surface area contributed by atoms with E-state index in [4.69, 9.17) is 0 Å². The third kappa shape index (κ3) is 3.59. The van der Waals surface area contributed by atoms with Crippen LogP contribution >= 0.6 is 0 Å². The third-order valence-corrected chi connectivity index (χ3v) is 4.28. The number of hydrogen-bond donors (Lipinski definition) is 2. The molecule has 0 bridgehead atoms. The molecular formula is C17H22N8O2. The lowest BCUT2D eigenvalue weighted by molar-refractivity contribution is 0.101. The molecule has 10 nitrogen and oxygen atoms in total. The number of amides is 2. The predicted molar refractivity (Wildman–Crippen MR) is 99.7 cm³/mol. The minimum atomic E-state index is -0.399. The molecule has 0 unspecified atom stereocenters. The zero-order chi connectivity index (χ0) is 19.6. The fourth-order valence-corrected chi connectivity index (χ4v) is 2.60. The highest BCUT2D eigenvalue weighted by Crippen LogP contribution is 2.20. The van der Waals surface area contributed by atoms with Crippen LogP contribution in [0.4, 0.5) is 11.4 Å². The van der Waals surface area contributed by atoms with Gasteiger partial charge in [0.1, 0.15) is 5.69 Å².